The molecule has 7 rings (SSSR count). The van der Waals surface area contributed by atoms with E-state index < -0.39 is 195 Å². The number of thiazole rings is 1. The van der Waals surface area contributed by atoms with E-state index in [-0.39, 0.29) is 0 Å². The summed E-state index contributed by atoms with van der Waals surface area (Å²) in [6.45, 7) is 0.843. The second-order valence-electron chi connectivity index (χ2n) is 16.3. The minimum Gasteiger partial charge on any atom is -0.194 e. The minimum absolute atomic E-state index is 0.691. The van der Waals surface area contributed by atoms with E-state index in [1.165, 1.54) is 5.56 Å². The number of alkyl halides is 24. The number of nitrogens with zero attached hydrogens (tertiary/aromatic N) is 2. The third-order valence-electron chi connectivity index (χ3n) is 11.4. The maximum absolute atomic E-state index is 14.2. The smallest absolute Gasteiger partial charge is 0.194 e. The van der Waals surface area contributed by atoms with E-state index in [4.69, 9.17) is 5.26 Å². The van der Waals surface area contributed by atoms with Crippen LogP contribution >= 0.6 is 11.3 Å². The van der Waals surface area contributed by atoms with Gasteiger partial charge in [0.25, 0.3) is 0 Å². The number of nitriles is 1. The van der Waals surface area contributed by atoms with E-state index in [0.29, 0.717) is 0 Å². The molecule has 0 N–H and O–H groups in total. The Morgan fingerprint density at radius 2 is 0.653 bits per heavy atom. The van der Waals surface area contributed by atoms with Crippen molar-refractivity contribution in [1.29, 1.82) is 5.26 Å². The lowest BCUT2D eigenvalue weighted by Crippen LogP contribution is -2.75. The van der Waals surface area contributed by atoms with Crippen molar-refractivity contribution in [2.45, 2.75) is 56.0 Å². The summed E-state index contributed by atoms with van der Waals surface area (Å²) in [6.07, 6.45) is -54.8. The van der Waals surface area contributed by atoms with Gasteiger partial charge in [0.15, 0.2) is 6.54 Å². The second kappa shape index (κ2) is 19.7. The van der Waals surface area contributed by atoms with E-state index in [1.54, 1.807) is 11.3 Å². The van der Waals surface area contributed by atoms with E-state index in [0.717, 1.165) is 22.3 Å². The molecule has 1 aromatic heterocycles. The average molecular weight is 1110 g/mol. The van der Waals surface area contributed by atoms with Gasteiger partial charge >= 0.3 is 49.4 Å². The highest BCUT2D eigenvalue weighted by Crippen LogP contribution is 2.41. The van der Waals surface area contributed by atoms with Gasteiger partial charge in [-0.05, 0) is 30.3 Å². The SMILES string of the molecule is FC(F)(F)c1cc([B-](c2cc(C(F)(F)F)cc(C(F)(F)F)c2)(c2cc(C(F)(F)F)cc(C(F)(F)F)c2)c2cc(C(F)(F)F)cc(C(F)(F)F)c2)cc(C(F)(F)F)c1.N#Cc1cccc2c1sc[n+]2Cc1ccccc1. The van der Waals surface area contributed by atoms with Gasteiger partial charge < -0.3 is 0 Å². The van der Waals surface area contributed by atoms with Crippen LogP contribution in [0.1, 0.15) is 55.6 Å². The molecule has 2 nitrogen and oxygen atoms in total. The molecule has 6 aromatic carbocycles. The molecule has 0 saturated heterocycles. The first-order valence-corrected chi connectivity index (χ1v) is 21.2. The van der Waals surface area contributed by atoms with Gasteiger partial charge in [-0.2, -0.15) is 137 Å². The van der Waals surface area contributed by atoms with Crippen molar-refractivity contribution in [3.8, 4) is 6.07 Å². The van der Waals surface area contributed by atoms with E-state index in [9.17, 15) is 105 Å². The molecular formula is C47H23BF24N2S. The summed E-state index contributed by atoms with van der Waals surface area (Å²) in [7, 11) is 0. The van der Waals surface area contributed by atoms with Gasteiger partial charge in [0.1, 0.15) is 16.9 Å². The predicted molar refractivity (Wildman–Crippen MR) is 222 cm³/mol. The number of benzene rings is 6. The van der Waals surface area contributed by atoms with Crippen molar-refractivity contribution in [2.75, 3.05) is 0 Å². The van der Waals surface area contributed by atoms with Crippen LogP contribution < -0.4 is 26.4 Å². The Morgan fingerprint density at radius 1 is 0.373 bits per heavy atom. The summed E-state index contributed by atoms with van der Waals surface area (Å²) in [6, 6.07) is 9.65. The third-order valence-corrected chi connectivity index (χ3v) is 12.4. The summed E-state index contributed by atoms with van der Waals surface area (Å²) >= 11 is 1.62. The quantitative estimate of drug-likeness (QED) is 0.0926. The Morgan fingerprint density at radius 3 is 0.907 bits per heavy atom. The zero-order chi connectivity index (χ0) is 56.3. The highest BCUT2D eigenvalue weighted by molar-refractivity contribution is 7.20. The first-order valence-electron chi connectivity index (χ1n) is 20.3. The summed E-state index contributed by atoms with van der Waals surface area (Å²) < 4.78 is 344. The molecule has 0 bridgehead atoms. The number of hydrogen-bond donors (Lipinski definition) is 0. The molecule has 398 valence electrons. The standard InChI is InChI=1S/C32H12BF24.C15H11N2S/c34-25(35,36)13-1-14(26(37,38)39)6-21(5-13)33(22-7-15(27(40,41)42)2-16(8-22)28(43,44)45,23-9-17(29(46,47)48)3-18(10-23)30(49,50)51)24-11-19(31(52,53)54)4-20(12-24)32(55,56)57;16-9-13-7-4-8-14-15(13)18-11-17(14)10-12-5-2-1-3-6-12/h1-12H;1-8,11H,10H2/q-1;+1. The molecule has 0 fully saturated rings. The van der Waals surface area contributed by atoms with E-state index >= 15 is 0 Å². The van der Waals surface area contributed by atoms with Crippen LogP contribution in [0.2, 0.25) is 0 Å². The molecule has 75 heavy (non-hydrogen) atoms. The van der Waals surface area contributed by atoms with E-state index in [2.05, 4.69) is 34.3 Å². The van der Waals surface area contributed by atoms with Crippen molar-refractivity contribution in [1.82, 2.24) is 0 Å². The Hall–Kier alpha value is -6.92. The Kier molecular flexibility index (Phi) is 15.0. The van der Waals surface area contributed by atoms with Crippen molar-refractivity contribution in [2.24, 2.45) is 0 Å². The number of aromatic nitrogens is 1. The topological polar surface area (TPSA) is 27.7 Å². The normalized spacial score (nSPS) is 13.4. The second-order valence-corrected chi connectivity index (χ2v) is 17.2. The molecule has 0 saturated carbocycles. The van der Waals surface area contributed by atoms with Crippen molar-refractivity contribution < 1.29 is 110 Å². The van der Waals surface area contributed by atoms with Gasteiger partial charge in [0.05, 0.1) is 50.1 Å². The summed E-state index contributed by atoms with van der Waals surface area (Å²) in [5, 5.41) is 9.08. The van der Waals surface area contributed by atoms with Crippen LogP contribution in [0.15, 0.2) is 127 Å². The molecule has 0 aliphatic heterocycles. The number of fused-ring (bicyclic) bond motifs is 1. The largest absolute Gasteiger partial charge is 0.416 e. The fourth-order valence-corrected chi connectivity index (χ4v) is 9.08. The first-order chi connectivity index (χ1) is 34.1. The van der Waals surface area contributed by atoms with Crippen LogP contribution in [0, 0.1) is 11.3 Å². The van der Waals surface area contributed by atoms with Gasteiger partial charge in [0.2, 0.25) is 11.0 Å². The molecule has 7 aromatic rings. The Balaban J connectivity index is 0.000000421. The Bertz CT molecular complexity index is 2820. The maximum atomic E-state index is 14.2. The van der Waals surface area contributed by atoms with Crippen LogP contribution in [0.4, 0.5) is 105 Å². The van der Waals surface area contributed by atoms with Crippen LogP contribution in [0.3, 0.4) is 0 Å². The zero-order valence-electron chi connectivity index (χ0n) is 36.3. The summed E-state index contributed by atoms with van der Waals surface area (Å²) in [4.78, 5) is 0. The van der Waals surface area contributed by atoms with Crippen LogP contribution in [-0.4, -0.2) is 6.15 Å². The van der Waals surface area contributed by atoms with E-state index in [1.807, 2.05) is 30.3 Å². The lowest BCUT2D eigenvalue weighted by molar-refractivity contribution is -0.658. The van der Waals surface area contributed by atoms with Crippen molar-refractivity contribution in [3.63, 3.8) is 0 Å². The van der Waals surface area contributed by atoms with Crippen molar-refractivity contribution in [3.05, 3.63) is 182 Å². The molecular weight excluding hydrogens is 1090 g/mol. The molecule has 1 heterocycles. The first kappa shape index (κ1) is 57.4. The van der Waals surface area contributed by atoms with Gasteiger partial charge in [0, 0.05) is 11.6 Å². The molecule has 0 aliphatic rings. The molecule has 0 atom stereocenters. The summed E-state index contributed by atoms with van der Waals surface area (Å²) in [5.41, 5.74) is -25.0. The number of halogens is 24. The monoisotopic (exact) mass is 1110 g/mol. The van der Waals surface area contributed by atoms with Crippen LogP contribution in [0.25, 0.3) is 10.2 Å². The zero-order valence-corrected chi connectivity index (χ0v) is 37.1. The van der Waals surface area contributed by atoms with Gasteiger partial charge in [-0.15, -0.1) is 0 Å². The molecule has 0 spiro atoms. The molecule has 0 unspecified atom stereocenters. The van der Waals surface area contributed by atoms with Gasteiger partial charge in [-0.25, -0.2) is 0 Å². The number of rotatable bonds is 6. The fraction of sp³-hybridized carbons (Fsp3) is 0.191. The summed E-state index contributed by atoms with van der Waals surface area (Å²) in [5.74, 6) is 0. The molecule has 0 amide bonds. The molecule has 0 radical (unpaired) electrons. The maximum Gasteiger partial charge on any atom is 0.416 e. The lowest BCUT2D eigenvalue weighted by Gasteiger charge is -2.46. The van der Waals surface area contributed by atoms with Gasteiger partial charge in [-0.3, -0.25) is 0 Å². The molecule has 0 aliphatic carbocycles. The van der Waals surface area contributed by atoms with Crippen LogP contribution in [-0.2, 0) is 56.0 Å². The van der Waals surface area contributed by atoms with Crippen molar-refractivity contribution >= 4 is 49.6 Å². The molecule has 28 heteroatoms. The lowest BCUT2D eigenvalue weighted by atomic mass is 9.12. The predicted octanol–water partition coefficient (Wildman–Crippen LogP) is 14.3. The fourth-order valence-electron chi connectivity index (χ4n) is 8.11. The average Bonchev–Trinajstić information content (AvgIpc) is 3.70. The third kappa shape index (κ3) is 12.6. The number of hydrogen-bond acceptors (Lipinski definition) is 2. The van der Waals surface area contributed by atoms with Crippen LogP contribution in [0.5, 0.6) is 0 Å². The van der Waals surface area contributed by atoms with Gasteiger partial charge in [-0.1, -0.05) is 96.3 Å². The minimum atomic E-state index is -6.13. The highest BCUT2D eigenvalue weighted by Gasteiger charge is 2.47. The Labute approximate surface area is 408 Å². The highest BCUT2D eigenvalue weighted by atomic mass is 32.1.